The first-order valence-electron chi connectivity index (χ1n) is 5.15. The third-order valence-electron chi connectivity index (χ3n) is 2.27. The standard InChI is InChI=1S/C6H8N10O7/c7-5(17)12(9)1-3(15(20)21)14(19)4(16(22)23)2(11-1)13(10)6(8)18/h9-10H2,(H2,7,17)(H2,8,18). The van der Waals surface area contributed by atoms with E-state index in [9.17, 15) is 35.0 Å². The maximum Gasteiger partial charge on any atom is 0.563 e. The van der Waals surface area contributed by atoms with Crippen molar-refractivity contribution in [1.29, 1.82) is 0 Å². The Morgan fingerprint density at radius 2 is 1.26 bits per heavy atom. The van der Waals surface area contributed by atoms with E-state index in [1.165, 1.54) is 0 Å². The molecule has 0 aliphatic rings. The van der Waals surface area contributed by atoms with Crippen molar-refractivity contribution < 1.29 is 24.2 Å². The van der Waals surface area contributed by atoms with Crippen LogP contribution in [0.3, 0.4) is 0 Å². The van der Waals surface area contributed by atoms with Crippen molar-refractivity contribution in [2.24, 2.45) is 23.2 Å². The minimum Gasteiger partial charge on any atom is -0.609 e. The van der Waals surface area contributed by atoms with Crippen molar-refractivity contribution in [3.8, 4) is 0 Å². The maximum atomic E-state index is 11.9. The molecule has 0 spiro atoms. The molecule has 0 atom stereocenters. The van der Waals surface area contributed by atoms with Crippen LogP contribution >= 0.6 is 0 Å². The fourth-order valence-corrected chi connectivity index (χ4v) is 1.33. The SMILES string of the molecule is NC(=O)N(N)c1nc(N(N)C(N)=O)c([N+](=O)[O-])[n+]([O-])c1[N+](=O)[O-]. The molecule has 0 saturated heterocycles. The second kappa shape index (κ2) is 5.87. The first-order valence-corrected chi connectivity index (χ1v) is 5.15. The minimum atomic E-state index is -1.60. The lowest BCUT2D eigenvalue weighted by Crippen LogP contribution is -2.48. The van der Waals surface area contributed by atoms with Crippen LogP contribution in [0.25, 0.3) is 0 Å². The molecule has 1 aromatic heterocycles. The highest BCUT2D eigenvalue weighted by molar-refractivity contribution is 5.92. The molecule has 0 aromatic carbocycles. The van der Waals surface area contributed by atoms with E-state index in [1.54, 1.807) is 0 Å². The first-order chi connectivity index (χ1) is 10.5. The molecule has 1 rings (SSSR count). The number of rotatable bonds is 4. The molecule has 23 heavy (non-hydrogen) atoms. The summed E-state index contributed by atoms with van der Waals surface area (Å²) in [4.78, 5) is 44.2. The quantitative estimate of drug-likeness (QED) is 0.108. The summed E-state index contributed by atoms with van der Waals surface area (Å²) in [6.07, 6.45) is 0. The molecule has 0 saturated carbocycles. The van der Waals surface area contributed by atoms with E-state index >= 15 is 0 Å². The molecule has 8 N–H and O–H groups in total. The van der Waals surface area contributed by atoms with Gasteiger partial charge >= 0.3 is 35.3 Å². The van der Waals surface area contributed by atoms with Crippen LogP contribution in [0.4, 0.5) is 32.9 Å². The number of nitrogens with zero attached hydrogens (tertiary/aromatic N) is 6. The Kier molecular flexibility index (Phi) is 4.39. The number of aromatic nitrogens is 2. The predicted octanol–water partition coefficient (Wildman–Crippen LogP) is -2.95. The maximum absolute atomic E-state index is 11.9. The van der Waals surface area contributed by atoms with Gasteiger partial charge in [0.1, 0.15) is 9.85 Å². The summed E-state index contributed by atoms with van der Waals surface area (Å²) >= 11 is 0. The fraction of sp³-hybridized carbons (Fsp3) is 0. The summed E-state index contributed by atoms with van der Waals surface area (Å²) in [6.45, 7) is 0. The van der Waals surface area contributed by atoms with Gasteiger partial charge in [-0.3, -0.25) is 20.2 Å². The second-order valence-corrected chi connectivity index (χ2v) is 3.63. The van der Waals surface area contributed by atoms with Crippen molar-refractivity contribution >= 4 is 35.3 Å². The van der Waals surface area contributed by atoms with Gasteiger partial charge in [0.2, 0.25) is 0 Å². The number of anilines is 2. The average molecular weight is 332 g/mol. The molecule has 124 valence electrons. The molecule has 0 bridgehead atoms. The Morgan fingerprint density at radius 3 is 1.48 bits per heavy atom. The highest BCUT2D eigenvalue weighted by Gasteiger charge is 2.44. The zero-order valence-electron chi connectivity index (χ0n) is 10.9. The molecule has 17 heteroatoms. The molecule has 0 aliphatic heterocycles. The van der Waals surface area contributed by atoms with Crippen LogP contribution in [0.1, 0.15) is 0 Å². The van der Waals surface area contributed by atoms with Crippen LogP contribution in [0, 0.1) is 25.4 Å². The van der Waals surface area contributed by atoms with Gasteiger partial charge in [-0.2, -0.15) is 15.0 Å². The third kappa shape index (κ3) is 2.93. The van der Waals surface area contributed by atoms with Crippen LogP contribution in [0.2, 0.25) is 0 Å². The normalized spacial score (nSPS) is 10.0. The molecule has 0 fully saturated rings. The largest absolute Gasteiger partial charge is 0.609 e. The Morgan fingerprint density at radius 1 is 0.957 bits per heavy atom. The van der Waals surface area contributed by atoms with Crippen LogP contribution in [0.15, 0.2) is 0 Å². The highest BCUT2D eigenvalue weighted by atomic mass is 16.7. The summed E-state index contributed by atoms with van der Waals surface area (Å²) in [5.41, 5.74) is 9.58. The van der Waals surface area contributed by atoms with Crippen LogP contribution in [-0.2, 0) is 0 Å². The molecular weight excluding hydrogens is 324 g/mol. The third-order valence-corrected chi connectivity index (χ3v) is 2.27. The summed E-state index contributed by atoms with van der Waals surface area (Å²) in [5.74, 6) is 4.63. The van der Waals surface area contributed by atoms with Crippen molar-refractivity contribution in [3.63, 3.8) is 0 Å². The number of carbonyl (C=O) groups excluding carboxylic acids is 2. The molecular formula is C6H8N10O7. The molecule has 0 aliphatic carbocycles. The Bertz CT molecular complexity index is 662. The Hall–Kier alpha value is -3.86. The van der Waals surface area contributed by atoms with E-state index in [0.29, 0.717) is 0 Å². The van der Waals surface area contributed by atoms with Gasteiger partial charge < -0.3 is 16.7 Å². The number of hydrogen-bond donors (Lipinski definition) is 4. The molecule has 1 heterocycles. The monoisotopic (exact) mass is 332 g/mol. The first kappa shape index (κ1) is 17.2. The molecule has 4 amide bonds. The van der Waals surface area contributed by atoms with Crippen molar-refractivity contribution in [1.82, 2.24) is 4.98 Å². The van der Waals surface area contributed by atoms with Gasteiger partial charge in [0.25, 0.3) is 0 Å². The summed E-state index contributed by atoms with van der Waals surface area (Å²) in [7, 11) is 0. The lowest BCUT2D eigenvalue weighted by Gasteiger charge is -2.15. The zero-order valence-corrected chi connectivity index (χ0v) is 10.9. The van der Waals surface area contributed by atoms with E-state index in [4.69, 9.17) is 23.2 Å². The number of nitrogens with two attached hydrogens (primary N) is 4. The van der Waals surface area contributed by atoms with E-state index < -0.39 is 49.9 Å². The van der Waals surface area contributed by atoms with Crippen molar-refractivity contribution in [3.05, 3.63) is 25.4 Å². The van der Waals surface area contributed by atoms with E-state index in [-0.39, 0.29) is 10.0 Å². The topological polar surface area (TPSA) is 271 Å². The molecule has 1 aromatic rings. The fourth-order valence-electron chi connectivity index (χ4n) is 1.33. The lowest BCUT2D eigenvalue weighted by molar-refractivity contribution is -0.702. The number of amides is 4. The van der Waals surface area contributed by atoms with Crippen LogP contribution < -0.4 is 37.9 Å². The van der Waals surface area contributed by atoms with E-state index in [2.05, 4.69) is 4.98 Å². The minimum absolute atomic E-state index is 0.144. The molecule has 0 unspecified atom stereocenters. The number of nitro groups is 2. The van der Waals surface area contributed by atoms with Gasteiger partial charge in [0, 0.05) is 0 Å². The van der Waals surface area contributed by atoms with Gasteiger partial charge in [-0.15, -0.1) is 0 Å². The van der Waals surface area contributed by atoms with Gasteiger partial charge in [-0.1, -0.05) is 0 Å². The van der Waals surface area contributed by atoms with Gasteiger partial charge in [-0.25, -0.2) is 21.3 Å². The molecule has 0 radical (unpaired) electrons. The van der Waals surface area contributed by atoms with Crippen molar-refractivity contribution in [2.45, 2.75) is 0 Å². The number of hydrazine groups is 2. The van der Waals surface area contributed by atoms with Crippen LogP contribution in [-0.4, -0.2) is 26.9 Å². The number of carbonyl (C=O) groups is 2. The summed E-state index contributed by atoms with van der Waals surface area (Å²) < 4.78 is -0.844. The summed E-state index contributed by atoms with van der Waals surface area (Å²) in [5, 5.41) is 33.4. The second-order valence-electron chi connectivity index (χ2n) is 3.63. The van der Waals surface area contributed by atoms with E-state index in [0.717, 1.165) is 0 Å². The molecule has 17 nitrogen and oxygen atoms in total. The van der Waals surface area contributed by atoms with Crippen molar-refractivity contribution in [2.75, 3.05) is 10.0 Å². The van der Waals surface area contributed by atoms with Crippen LogP contribution in [0.5, 0.6) is 0 Å². The Balaban J connectivity index is 3.91. The smallest absolute Gasteiger partial charge is 0.563 e. The highest BCUT2D eigenvalue weighted by Crippen LogP contribution is 2.29. The lowest BCUT2D eigenvalue weighted by atomic mass is 10.5. The van der Waals surface area contributed by atoms with Gasteiger partial charge in [0.15, 0.2) is 0 Å². The predicted molar refractivity (Wildman–Crippen MR) is 69.0 cm³/mol. The van der Waals surface area contributed by atoms with E-state index in [1.807, 2.05) is 0 Å². The summed E-state index contributed by atoms with van der Waals surface area (Å²) in [6, 6.07) is -2.99. The average Bonchev–Trinajstić information content (AvgIpc) is 2.43. The Labute approximate surface area is 124 Å². The zero-order chi connectivity index (χ0) is 18.1. The number of primary amides is 2. The van der Waals surface area contributed by atoms with Gasteiger partial charge in [-0.05, 0) is 4.73 Å². The number of urea groups is 2. The number of hydrogen-bond acceptors (Lipinski definition) is 10. The van der Waals surface area contributed by atoms with Gasteiger partial charge in [0.05, 0.1) is 0 Å².